The number of benzene rings is 1. The van der Waals surface area contributed by atoms with Crippen LogP contribution in [0.4, 0.5) is 11.8 Å². The van der Waals surface area contributed by atoms with Gasteiger partial charge in [0.1, 0.15) is 0 Å². The molecule has 1 aromatic carbocycles. The fourth-order valence-corrected chi connectivity index (χ4v) is 3.71. The highest BCUT2D eigenvalue weighted by atomic mass is 16.3. The van der Waals surface area contributed by atoms with Crippen LogP contribution in [0.1, 0.15) is 51.3 Å². The molecule has 9 nitrogen and oxygen atoms in total. The van der Waals surface area contributed by atoms with Gasteiger partial charge in [-0.15, -0.1) is 0 Å². The van der Waals surface area contributed by atoms with Crippen LogP contribution in [0, 0.1) is 5.41 Å². The third-order valence-corrected chi connectivity index (χ3v) is 5.93. The average Bonchev–Trinajstić information content (AvgIpc) is 3.30. The van der Waals surface area contributed by atoms with Crippen LogP contribution in [-0.4, -0.2) is 48.0 Å². The van der Waals surface area contributed by atoms with Crippen molar-refractivity contribution in [2.75, 3.05) is 17.2 Å². The fraction of sp³-hybridized carbons (Fsp3) is 0.346. The first-order chi connectivity index (χ1) is 16.9. The van der Waals surface area contributed by atoms with Gasteiger partial charge in [0.05, 0.1) is 24.7 Å². The third-order valence-electron chi connectivity index (χ3n) is 5.93. The quantitative estimate of drug-likeness (QED) is 0.248. The van der Waals surface area contributed by atoms with Gasteiger partial charge >= 0.3 is 0 Å². The van der Waals surface area contributed by atoms with E-state index >= 15 is 0 Å². The summed E-state index contributed by atoms with van der Waals surface area (Å²) in [5, 5.41) is 24.0. The van der Waals surface area contributed by atoms with E-state index in [9.17, 15) is 5.11 Å². The summed E-state index contributed by atoms with van der Waals surface area (Å²) in [7, 11) is 0. The maximum atomic E-state index is 9.60. The van der Waals surface area contributed by atoms with E-state index in [1.807, 2.05) is 35.8 Å². The number of rotatable bonds is 10. The summed E-state index contributed by atoms with van der Waals surface area (Å²) in [6, 6.07) is 12.1. The van der Waals surface area contributed by atoms with Gasteiger partial charge < -0.3 is 25.7 Å². The highest BCUT2D eigenvalue weighted by molar-refractivity contribution is 5.96. The molecule has 4 N–H and O–H groups in total. The molecule has 0 bridgehead atoms. The number of aromatic nitrogens is 5. The van der Waals surface area contributed by atoms with Crippen LogP contribution in [0.5, 0.6) is 0 Å². The van der Waals surface area contributed by atoms with Crippen LogP contribution in [0.3, 0.4) is 0 Å². The van der Waals surface area contributed by atoms with E-state index in [0.717, 1.165) is 34.5 Å². The number of imidazole rings is 1. The second-order valence-corrected chi connectivity index (χ2v) is 8.85. The van der Waals surface area contributed by atoms with E-state index in [1.165, 1.54) is 0 Å². The normalized spacial score (nSPS) is 12.2. The van der Waals surface area contributed by atoms with Crippen molar-refractivity contribution in [2.24, 2.45) is 0 Å². The summed E-state index contributed by atoms with van der Waals surface area (Å²) in [4.78, 5) is 18.4. The molecule has 182 valence electrons. The van der Waals surface area contributed by atoms with Crippen LogP contribution >= 0.6 is 0 Å². The minimum atomic E-state index is -0.117. The smallest absolute Gasteiger partial charge is 0.227 e. The Labute approximate surface area is 205 Å². The molecule has 4 aromatic rings. The lowest BCUT2D eigenvalue weighted by Crippen LogP contribution is -2.24. The van der Waals surface area contributed by atoms with Crippen molar-refractivity contribution in [3.63, 3.8) is 0 Å². The zero-order valence-corrected chi connectivity index (χ0v) is 20.6. The SMILES string of the molecule is CCC(CO)Nc1nc(NCc2ccc(-c3ccc(C(C)=N)cn3)cc2)c2ncn(C(C)C)c2n1. The number of anilines is 2. The summed E-state index contributed by atoms with van der Waals surface area (Å²) >= 11 is 0. The first kappa shape index (κ1) is 24.3. The molecule has 1 atom stereocenters. The molecular weight excluding hydrogens is 440 g/mol. The van der Waals surface area contributed by atoms with Gasteiger partial charge in [-0.1, -0.05) is 31.2 Å². The first-order valence-electron chi connectivity index (χ1n) is 11.9. The second-order valence-electron chi connectivity index (χ2n) is 8.85. The molecule has 35 heavy (non-hydrogen) atoms. The number of hydrogen-bond acceptors (Lipinski definition) is 8. The third kappa shape index (κ3) is 5.46. The van der Waals surface area contributed by atoms with Gasteiger partial charge in [0.25, 0.3) is 0 Å². The van der Waals surface area contributed by atoms with Crippen molar-refractivity contribution in [2.45, 2.75) is 52.7 Å². The van der Waals surface area contributed by atoms with Crippen molar-refractivity contribution < 1.29 is 5.11 Å². The Bertz CT molecular complexity index is 1290. The van der Waals surface area contributed by atoms with Crippen LogP contribution < -0.4 is 10.6 Å². The lowest BCUT2D eigenvalue weighted by Gasteiger charge is -2.16. The minimum Gasteiger partial charge on any atom is -0.394 e. The summed E-state index contributed by atoms with van der Waals surface area (Å²) in [6.45, 7) is 8.51. The molecule has 0 aliphatic heterocycles. The molecule has 0 saturated heterocycles. The molecular formula is C26H32N8O. The molecule has 0 aliphatic rings. The van der Waals surface area contributed by atoms with Crippen molar-refractivity contribution in [3.8, 4) is 11.3 Å². The van der Waals surface area contributed by atoms with Gasteiger partial charge in [-0.05, 0) is 44.9 Å². The van der Waals surface area contributed by atoms with Crippen molar-refractivity contribution in [1.29, 1.82) is 5.41 Å². The maximum Gasteiger partial charge on any atom is 0.227 e. The Morgan fingerprint density at radius 3 is 2.46 bits per heavy atom. The molecule has 0 fully saturated rings. The van der Waals surface area contributed by atoms with Crippen molar-refractivity contribution >= 4 is 28.6 Å². The second kappa shape index (κ2) is 10.6. The Kier molecular flexibility index (Phi) is 7.36. The number of fused-ring (bicyclic) bond motifs is 1. The highest BCUT2D eigenvalue weighted by Crippen LogP contribution is 2.25. The molecule has 0 saturated carbocycles. The largest absolute Gasteiger partial charge is 0.394 e. The van der Waals surface area contributed by atoms with E-state index in [0.29, 0.717) is 29.5 Å². The Morgan fingerprint density at radius 2 is 1.86 bits per heavy atom. The molecule has 0 radical (unpaired) electrons. The lowest BCUT2D eigenvalue weighted by atomic mass is 10.1. The van der Waals surface area contributed by atoms with Gasteiger partial charge in [0.15, 0.2) is 17.0 Å². The summed E-state index contributed by atoms with van der Waals surface area (Å²) in [5.74, 6) is 1.11. The predicted molar refractivity (Wildman–Crippen MR) is 140 cm³/mol. The number of aliphatic hydroxyl groups excluding tert-OH is 1. The van der Waals surface area contributed by atoms with Gasteiger partial charge in [-0.25, -0.2) is 4.98 Å². The van der Waals surface area contributed by atoms with E-state index in [-0.39, 0.29) is 18.7 Å². The lowest BCUT2D eigenvalue weighted by molar-refractivity contribution is 0.271. The molecule has 0 spiro atoms. The monoisotopic (exact) mass is 472 g/mol. The molecule has 3 heterocycles. The van der Waals surface area contributed by atoms with E-state index in [2.05, 4.69) is 56.5 Å². The molecule has 0 amide bonds. The standard InChI is InChI=1S/C26H32N8O/c1-5-21(14-35)31-26-32-24(23-25(33-26)34(15-30-23)16(2)3)29-12-18-6-8-19(9-7-18)22-11-10-20(13-28-22)17(4)27/h6-11,13,15-16,21,27,35H,5,12,14H2,1-4H3,(H2,29,31,32,33). The zero-order chi connectivity index (χ0) is 24.9. The van der Waals surface area contributed by atoms with Crippen LogP contribution in [-0.2, 0) is 6.54 Å². The van der Waals surface area contributed by atoms with Gasteiger partial charge in [-0.2, -0.15) is 9.97 Å². The van der Waals surface area contributed by atoms with Gasteiger partial charge in [-0.3, -0.25) is 4.98 Å². The van der Waals surface area contributed by atoms with Gasteiger partial charge in [0.2, 0.25) is 5.95 Å². The molecule has 9 heteroatoms. The molecule has 3 aromatic heterocycles. The van der Waals surface area contributed by atoms with Crippen molar-refractivity contribution in [1.82, 2.24) is 24.5 Å². The average molecular weight is 473 g/mol. The Balaban J connectivity index is 1.55. The number of hydrogen-bond donors (Lipinski definition) is 4. The van der Waals surface area contributed by atoms with Gasteiger partial charge in [0, 0.05) is 35.6 Å². The number of aliphatic hydroxyl groups is 1. The number of nitrogens with zero attached hydrogens (tertiary/aromatic N) is 5. The number of nitrogens with one attached hydrogen (secondary N) is 3. The molecule has 4 rings (SSSR count). The highest BCUT2D eigenvalue weighted by Gasteiger charge is 2.16. The zero-order valence-electron chi connectivity index (χ0n) is 20.6. The van der Waals surface area contributed by atoms with Crippen LogP contribution in [0.25, 0.3) is 22.4 Å². The van der Waals surface area contributed by atoms with Crippen LogP contribution in [0.15, 0.2) is 48.9 Å². The summed E-state index contributed by atoms with van der Waals surface area (Å²) < 4.78 is 2.01. The van der Waals surface area contributed by atoms with E-state index in [4.69, 9.17) is 5.41 Å². The predicted octanol–water partition coefficient (Wildman–Crippen LogP) is 4.65. The summed E-state index contributed by atoms with van der Waals surface area (Å²) in [5.41, 5.74) is 5.76. The van der Waals surface area contributed by atoms with Crippen LogP contribution in [0.2, 0.25) is 0 Å². The Hall–Kier alpha value is -3.85. The van der Waals surface area contributed by atoms with E-state index < -0.39 is 0 Å². The molecule has 0 aliphatic carbocycles. The Morgan fingerprint density at radius 1 is 1.09 bits per heavy atom. The number of pyridine rings is 1. The first-order valence-corrected chi connectivity index (χ1v) is 11.9. The minimum absolute atomic E-state index is 0.00894. The topological polar surface area (TPSA) is 125 Å². The molecule has 1 unspecified atom stereocenters. The fourth-order valence-electron chi connectivity index (χ4n) is 3.71. The summed E-state index contributed by atoms with van der Waals surface area (Å²) in [6.07, 6.45) is 4.28. The van der Waals surface area contributed by atoms with E-state index in [1.54, 1.807) is 19.4 Å². The van der Waals surface area contributed by atoms with Crippen molar-refractivity contribution in [3.05, 3.63) is 60.0 Å². The maximum absolute atomic E-state index is 9.60.